The zero-order valence-electron chi connectivity index (χ0n) is 10.8. The number of aromatic nitrogens is 1. The predicted molar refractivity (Wildman–Crippen MR) is 73.0 cm³/mol. The van der Waals surface area contributed by atoms with Gasteiger partial charge in [-0.25, -0.2) is 9.78 Å². The number of nitrogens with zero attached hydrogens (tertiary/aromatic N) is 2. The Bertz CT molecular complexity index is 463. The maximum absolute atomic E-state index is 11.0. The highest BCUT2D eigenvalue weighted by Gasteiger charge is 2.21. The van der Waals surface area contributed by atoms with Crippen LogP contribution in [0, 0.1) is 5.92 Å². The zero-order chi connectivity index (χ0) is 13.8. The van der Waals surface area contributed by atoms with E-state index < -0.39 is 5.97 Å². The van der Waals surface area contributed by atoms with Crippen molar-refractivity contribution in [2.24, 2.45) is 5.92 Å². The van der Waals surface area contributed by atoms with Crippen LogP contribution < -0.4 is 4.90 Å². The summed E-state index contributed by atoms with van der Waals surface area (Å²) < 4.78 is 5.54. The Hall–Kier alpha value is -1.33. The van der Waals surface area contributed by atoms with Gasteiger partial charge >= 0.3 is 5.97 Å². The normalized spacial score (nSPS) is 14.4. The molecule has 0 spiro atoms. The van der Waals surface area contributed by atoms with Crippen LogP contribution in [0.15, 0.2) is 12.3 Å². The Morgan fingerprint density at radius 2 is 2.37 bits per heavy atom. The summed E-state index contributed by atoms with van der Waals surface area (Å²) in [4.78, 5) is 17.0. The molecule has 1 fully saturated rings. The number of anilines is 1. The summed E-state index contributed by atoms with van der Waals surface area (Å²) in [6.45, 7) is 2.10. The van der Waals surface area contributed by atoms with E-state index in [0.29, 0.717) is 19.0 Å². The van der Waals surface area contributed by atoms with E-state index in [0.717, 1.165) is 12.5 Å². The van der Waals surface area contributed by atoms with E-state index in [1.807, 2.05) is 11.9 Å². The number of likely N-dealkylation sites (N-methyl/N-ethyl adjacent to an activating group) is 1. The topological polar surface area (TPSA) is 62.7 Å². The van der Waals surface area contributed by atoms with E-state index in [1.165, 1.54) is 25.1 Å². The smallest absolute Gasteiger partial charge is 0.337 e. The third-order valence-electron chi connectivity index (χ3n) is 3.08. The van der Waals surface area contributed by atoms with Crippen molar-refractivity contribution in [1.29, 1.82) is 0 Å². The number of hydrogen-bond donors (Lipinski definition) is 1. The van der Waals surface area contributed by atoms with Gasteiger partial charge in [-0.3, -0.25) is 0 Å². The van der Waals surface area contributed by atoms with Gasteiger partial charge in [0.1, 0.15) is 5.82 Å². The molecule has 1 aromatic rings. The molecule has 1 heterocycles. The number of carbonyl (C=O) groups is 1. The number of ether oxygens (including phenoxy) is 1. The van der Waals surface area contributed by atoms with Crippen LogP contribution in [-0.4, -0.2) is 42.9 Å². The molecule has 5 nitrogen and oxygen atoms in total. The highest BCUT2D eigenvalue weighted by molar-refractivity contribution is 6.33. The molecule has 104 valence electrons. The summed E-state index contributed by atoms with van der Waals surface area (Å²) in [5.74, 6) is 0.279. The van der Waals surface area contributed by atoms with Gasteiger partial charge in [-0.1, -0.05) is 11.6 Å². The molecule has 1 aliphatic rings. The lowest BCUT2D eigenvalue weighted by atomic mass is 10.2. The summed E-state index contributed by atoms with van der Waals surface area (Å²) in [6, 6.07) is 1.48. The van der Waals surface area contributed by atoms with Crippen molar-refractivity contribution in [2.75, 3.05) is 31.7 Å². The average Bonchev–Trinajstić information content (AvgIpc) is 3.18. The minimum Gasteiger partial charge on any atom is -0.478 e. The molecule has 0 unspecified atom stereocenters. The van der Waals surface area contributed by atoms with Crippen LogP contribution in [0.4, 0.5) is 5.82 Å². The summed E-state index contributed by atoms with van der Waals surface area (Å²) in [6.07, 6.45) is 3.91. The van der Waals surface area contributed by atoms with Crippen molar-refractivity contribution in [3.63, 3.8) is 0 Å². The number of halogens is 1. The Morgan fingerprint density at radius 1 is 1.63 bits per heavy atom. The van der Waals surface area contributed by atoms with Gasteiger partial charge in [0.05, 0.1) is 17.2 Å². The lowest BCUT2D eigenvalue weighted by Gasteiger charge is -2.18. The number of hydrogen-bond acceptors (Lipinski definition) is 4. The summed E-state index contributed by atoms with van der Waals surface area (Å²) in [7, 11) is 1.85. The van der Waals surface area contributed by atoms with E-state index in [-0.39, 0.29) is 10.6 Å². The van der Waals surface area contributed by atoms with Gasteiger partial charge < -0.3 is 14.7 Å². The molecule has 0 aromatic carbocycles. The van der Waals surface area contributed by atoms with Crippen molar-refractivity contribution in [1.82, 2.24) is 4.98 Å². The van der Waals surface area contributed by atoms with E-state index in [4.69, 9.17) is 21.4 Å². The Balaban J connectivity index is 1.88. The molecule has 0 saturated heterocycles. The molecule has 1 aromatic heterocycles. The minimum absolute atomic E-state index is 0.0671. The van der Waals surface area contributed by atoms with Gasteiger partial charge in [-0.05, 0) is 24.8 Å². The molecule has 0 aliphatic heterocycles. The van der Waals surface area contributed by atoms with Crippen molar-refractivity contribution >= 4 is 23.4 Å². The molecular formula is C13H17ClN2O3. The summed E-state index contributed by atoms with van der Waals surface area (Å²) in [5, 5.41) is 9.15. The van der Waals surface area contributed by atoms with Crippen molar-refractivity contribution in [2.45, 2.75) is 12.8 Å². The minimum atomic E-state index is -1.05. The molecule has 19 heavy (non-hydrogen) atoms. The van der Waals surface area contributed by atoms with Crippen molar-refractivity contribution in [3.05, 3.63) is 22.8 Å². The number of carboxylic acid groups (broad SMARTS) is 1. The largest absolute Gasteiger partial charge is 0.478 e. The first-order valence-electron chi connectivity index (χ1n) is 6.25. The highest BCUT2D eigenvalue weighted by Crippen LogP contribution is 2.28. The fourth-order valence-corrected chi connectivity index (χ4v) is 1.84. The molecule has 0 radical (unpaired) electrons. The zero-order valence-corrected chi connectivity index (χ0v) is 11.6. The highest BCUT2D eigenvalue weighted by atomic mass is 35.5. The van der Waals surface area contributed by atoms with Gasteiger partial charge in [0.15, 0.2) is 0 Å². The number of carboxylic acids is 1. The van der Waals surface area contributed by atoms with Crippen molar-refractivity contribution < 1.29 is 14.6 Å². The molecule has 1 saturated carbocycles. The maximum atomic E-state index is 11.0. The van der Waals surface area contributed by atoms with E-state index >= 15 is 0 Å². The monoisotopic (exact) mass is 284 g/mol. The molecule has 0 bridgehead atoms. The molecule has 2 rings (SSSR count). The van der Waals surface area contributed by atoms with Gasteiger partial charge in [-0.2, -0.15) is 0 Å². The molecular weight excluding hydrogens is 268 g/mol. The number of aromatic carboxylic acids is 1. The van der Waals surface area contributed by atoms with E-state index in [1.54, 1.807) is 0 Å². The van der Waals surface area contributed by atoms with Crippen LogP contribution in [0.2, 0.25) is 5.02 Å². The van der Waals surface area contributed by atoms with E-state index in [9.17, 15) is 4.79 Å². The fraction of sp³-hybridized carbons (Fsp3) is 0.538. The van der Waals surface area contributed by atoms with Crippen molar-refractivity contribution in [3.8, 4) is 0 Å². The van der Waals surface area contributed by atoms with Crippen LogP contribution in [0.25, 0.3) is 0 Å². The maximum Gasteiger partial charge on any atom is 0.337 e. The second-order valence-electron chi connectivity index (χ2n) is 4.77. The third kappa shape index (κ3) is 4.08. The number of pyridine rings is 1. The Morgan fingerprint density at radius 3 is 3.00 bits per heavy atom. The standard InChI is InChI=1S/C13H17ClN2O3/c1-16(4-5-19-8-9-2-3-9)12-6-10(13(17)18)11(14)7-15-12/h6-7,9H,2-5,8H2,1H3,(H,17,18). The SMILES string of the molecule is CN(CCOCC1CC1)c1cc(C(=O)O)c(Cl)cn1. The van der Waals surface area contributed by atoms with E-state index in [2.05, 4.69) is 4.98 Å². The van der Waals surface area contributed by atoms with Crippen LogP contribution in [0.3, 0.4) is 0 Å². The van der Waals surface area contributed by atoms with Gasteiger partial charge in [-0.15, -0.1) is 0 Å². The second-order valence-corrected chi connectivity index (χ2v) is 5.17. The molecule has 1 aliphatic carbocycles. The third-order valence-corrected chi connectivity index (χ3v) is 3.39. The van der Waals surface area contributed by atoms with Gasteiger partial charge in [0, 0.05) is 26.4 Å². The first-order chi connectivity index (χ1) is 9.08. The lowest BCUT2D eigenvalue weighted by Crippen LogP contribution is -2.24. The molecule has 0 amide bonds. The fourth-order valence-electron chi connectivity index (χ4n) is 1.65. The van der Waals surface area contributed by atoms with Gasteiger partial charge in [0.2, 0.25) is 0 Å². The molecule has 0 atom stereocenters. The lowest BCUT2D eigenvalue weighted by molar-refractivity contribution is 0.0697. The Kier molecular flexibility index (Phi) is 4.61. The Labute approximate surface area is 117 Å². The molecule has 1 N–H and O–H groups in total. The van der Waals surface area contributed by atoms with Crippen LogP contribution in [0.5, 0.6) is 0 Å². The average molecular weight is 285 g/mol. The first-order valence-corrected chi connectivity index (χ1v) is 6.63. The quantitative estimate of drug-likeness (QED) is 0.779. The summed E-state index contributed by atoms with van der Waals surface area (Å²) in [5.41, 5.74) is 0.0671. The van der Waals surface area contributed by atoms with Crippen LogP contribution in [-0.2, 0) is 4.74 Å². The van der Waals surface area contributed by atoms with Crippen LogP contribution >= 0.6 is 11.6 Å². The summed E-state index contributed by atoms with van der Waals surface area (Å²) >= 11 is 5.78. The number of rotatable bonds is 7. The second kappa shape index (κ2) is 6.21. The molecule has 6 heteroatoms. The van der Waals surface area contributed by atoms with Crippen LogP contribution in [0.1, 0.15) is 23.2 Å². The predicted octanol–water partition coefficient (Wildman–Crippen LogP) is 2.30. The first kappa shape index (κ1) is 14.1. The van der Waals surface area contributed by atoms with Gasteiger partial charge in [0.25, 0.3) is 0 Å².